The summed E-state index contributed by atoms with van der Waals surface area (Å²) in [5.41, 5.74) is 1.29. The van der Waals surface area contributed by atoms with Gasteiger partial charge in [0.1, 0.15) is 0 Å². The van der Waals surface area contributed by atoms with Gasteiger partial charge in [-0.2, -0.15) is 0 Å². The van der Waals surface area contributed by atoms with Crippen molar-refractivity contribution >= 4 is 5.91 Å². The van der Waals surface area contributed by atoms with Crippen molar-refractivity contribution in [1.29, 1.82) is 0 Å². The fourth-order valence-electron chi connectivity index (χ4n) is 4.91. The molecule has 24 heavy (non-hydrogen) atoms. The molecule has 130 valence electrons. The minimum atomic E-state index is 0.426. The number of pyridine rings is 1. The van der Waals surface area contributed by atoms with Crippen LogP contribution in [0.25, 0.3) is 0 Å². The topological polar surface area (TPSA) is 36.4 Å². The minimum absolute atomic E-state index is 0.426. The summed E-state index contributed by atoms with van der Waals surface area (Å²) in [5.74, 6) is 2.64. The van der Waals surface area contributed by atoms with Gasteiger partial charge in [-0.15, -0.1) is 0 Å². The van der Waals surface area contributed by atoms with Gasteiger partial charge in [0.2, 0.25) is 5.91 Å². The maximum absolute atomic E-state index is 12.6. The van der Waals surface area contributed by atoms with Gasteiger partial charge >= 0.3 is 0 Å². The first-order valence-electron chi connectivity index (χ1n) is 9.67. The lowest BCUT2D eigenvalue weighted by Crippen LogP contribution is -2.36. The largest absolute Gasteiger partial charge is 0.342 e. The first-order valence-corrected chi connectivity index (χ1v) is 9.67. The van der Waals surface area contributed by atoms with Crippen LogP contribution in [0.5, 0.6) is 0 Å². The molecule has 4 rings (SSSR count). The summed E-state index contributed by atoms with van der Waals surface area (Å²) in [7, 11) is 0. The van der Waals surface area contributed by atoms with Crippen molar-refractivity contribution in [2.24, 2.45) is 17.8 Å². The van der Waals surface area contributed by atoms with E-state index < -0.39 is 0 Å². The van der Waals surface area contributed by atoms with Gasteiger partial charge in [0.25, 0.3) is 0 Å². The van der Waals surface area contributed by atoms with Gasteiger partial charge in [-0.05, 0) is 68.2 Å². The van der Waals surface area contributed by atoms with E-state index in [1.54, 1.807) is 0 Å². The predicted molar refractivity (Wildman–Crippen MR) is 94.3 cm³/mol. The molecule has 1 saturated carbocycles. The van der Waals surface area contributed by atoms with Crippen molar-refractivity contribution in [2.75, 3.05) is 26.2 Å². The molecule has 1 aliphatic carbocycles. The van der Waals surface area contributed by atoms with E-state index in [2.05, 4.69) is 20.9 Å². The number of nitrogens with zero attached hydrogens (tertiary/aromatic N) is 3. The van der Waals surface area contributed by atoms with E-state index in [-0.39, 0.29) is 0 Å². The van der Waals surface area contributed by atoms with E-state index in [4.69, 9.17) is 0 Å². The molecule has 0 bridgehead atoms. The zero-order chi connectivity index (χ0) is 16.4. The van der Waals surface area contributed by atoms with Gasteiger partial charge in [0, 0.05) is 38.4 Å². The highest BCUT2D eigenvalue weighted by molar-refractivity contribution is 5.76. The summed E-state index contributed by atoms with van der Waals surface area (Å²) in [6.07, 6.45) is 11.0. The number of likely N-dealkylation sites (tertiary alicyclic amines) is 2. The molecule has 3 fully saturated rings. The molecule has 2 atom stereocenters. The Morgan fingerprint density at radius 1 is 1.12 bits per heavy atom. The Balaban J connectivity index is 1.21. The second-order valence-electron chi connectivity index (χ2n) is 8.03. The number of piperidine rings is 1. The zero-order valence-electron chi connectivity index (χ0n) is 14.6. The average Bonchev–Trinajstić information content (AvgIpc) is 3.19. The summed E-state index contributed by atoms with van der Waals surface area (Å²) in [6.45, 7) is 5.30. The standard InChI is InChI=1S/C20H29N3O/c24-20(23-14-18-4-1-5-19(18)15-23)11-16-6-9-22(10-7-16)13-17-3-2-8-21-12-17/h2-3,8,12,16,18-19H,1,4-7,9-11,13-15H2. The Morgan fingerprint density at radius 2 is 1.88 bits per heavy atom. The monoisotopic (exact) mass is 327 g/mol. The van der Waals surface area contributed by atoms with Crippen LogP contribution in [0.2, 0.25) is 0 Å². The number of rotatable bonds is 4. The SMILES string of the molecule is O=C(CC1CCN(Cc2cccnc2)CC1)N1CC2CCCC2C1. The molecule has 4 heteroatoms. The molecule has 0 aromatic carbocycles. The van der Waals surface area contributed by atoms with Crippen molar-refractivity contribution in [1.82, 2.24) is 14.8 Å². The number of hydrogen-bond donors (Lipinski definition) is 0. The summed E-state index contributed by atoms with van der Waals surface area (Å²) in [5, 5.41) is 0. The number of carbonyl (C=O) groups is 1. The summed E-state index contributed by atoms with van der Waals surface area (Å²) >= 11 is 0. The van der Waals surface area contributed by atoms with Crippen LogP contribution in [0.15, 0.2) is 24.5 Å². The first-order chi connectivity index (χ1) is 11.8. The molecule has 4 nitrogen and oxygen atoms in total. The average molecular weight is 327 g/mol. The zero-order valence-corrected chi connectivity index (χ0v) is 14.6. The minimum Gasteiger partial charge on any atom is -0.342 e. The lowest BCUT2D eigenvalue weighted by molar-refractivity contribution is -0.131. The lowest BCUT2D eigenvalue weighted by atomic mass is 9.92. The summed E-state index contributed by atoms with van der Waals surface area (Å²) in [4.78, 5) is 21.5. The Morgan fingerprint density at radius 3 is 2.54 bits per heavy atom. The van der Waals surface area contributed by atoms with Gasteiger partial charge in [-0.25, -0.2) is 0 Å². The third-order valence-corrected chi connectivity index (χ3v) is 6.38. The van der Waals surface area contributed by atoms with Crippen molar-refractivity contribution in [3.05, 3.63) is 30.1 Å². The normalized spacial score (nSPS) is 28.2. The number of carbonyl (C=O) groups excluding carboxylic acids is 1. The van der Waals surface area contributed by atoms with Gasteiger partial charge in [0.05, 0.1) is 0 Å². The highest BCUT2D eigenvalue weighted by Crippen LogP contribution is 2.38. The second-order valence-corrected chi connectivity index (χ2v) is 8.03. The van der Waals surface area contributed by atoms with E-state index in [0.717, 1.165) is 63.8 Å². The van der Waals surface area contributed by atoms with Crippen LogP contribution in [0.4, 0.5) is 0 Å². The van der Waals surface area contributed by atoms with Crippen molar-refractivity contribution in [3.63, 3.8) is 0 Å². The van der Waals surface area contributed by atoms with Crippen LogP contribution < -0.4 is 0 Å². The summed E-state index contributed by atoms with van der Waals surface area (Å²) < 4.78 is 0. The third kappa shape index (κ3) is 3.64. The van der Waals surface area contributed by atoms with Crippen molar-refractivity contribution in [2.45, 2.75) is 45.1 Å². The smallest absolute Gasteiger partial charge is 0.222 e. The van der Waals surface area contributed by atoms with Crippen molar-refractivity contribution < 1.29 is 4.79 Å². The molecule has 1 aromatic heterocycles. The van der Waals surface area contributed by atoms with Crippen molar-refractivity contribution in [3.8, 4) is 0 Å². The molecule has 2 saturated heterocycles. The van der Waals surface area contributed by atoms with Crippen LogP contribution in [0.3, 0.4) is 0 Å². The third-order valence-electron chi connectivity index (χ3n) is 6.38. The maximum Gasteiger partial charge on any atom is 0.222 e. The second kappa shape index (κ2) is 7.22. The highest BCUT2D eigenvalue weighted by Gasteiger charge is 2.38. The van der Waals surface area contributed by atoms with E-state index in [1.807, 2.05) is 18.5 Å². The van der Waals surface area contributed by atoms with E-state index in [1.165, 1.54) is 24.8 Å². The molecule has 3 aliphatic rings. The molecule has 2 aliphatic heterocycles. The molecule has 1 amide bonds. The van der Waals surface area contributed by atoms with E-state index in [9.17, 15) is 4.79 Å². The van der Waals surface area contributed by atoms with Crippen LogP contribution >= 0.6 is 0 Å². The lowest BCUT2D eigenvalue weighted by Gasteiger charge is -2.32. The van der Waals surface area contributed by atoms with Crippen LogP contribution in [-0.2, 0) is 11.3 Å². The maximum atomic E-state index is 12.6. The van der Waals surface area contributed by atoms with Crippen LogP contribution in [0.1, 0.15) is 44.1 Å². The fourth-order valence-corrected chi connectivity index (χ4v) is 4.91. The Labute approximate surface area is 145 Å². The van der Waals surface area contributed by atoms with Gasteiger partial charge in [-0.3, -0.25) is 14.7 Å². The van der Waals surface area contributed by atoms with E-state index in [0.29, 0.717) is 11.8 Å². The molecular weight excluding hydrogens is 298 g/mol. The van der Waals surface area contributed by atoms with Gasteiger partial charge < -0.3 is 4.90 Å². The van der Waals surface area contributed by atoms with Crippen LogP contribution in [0, 0.1) is 17.8 Å². The predicted octanol–water partition coefficient (Wildman–Crippen LogP) is 2.94. The molecule has 0 radical (unpaired) electrons. The number of hydrogen-bond acceptors (Lipinski definition) is 3. The molecule has 0 spiro atoms. The fraction of sp³-hybridized carbons (Fsp3) is 0.700. The molecule has 1 aromatic rings. The highest BCUT2D eigenvalue weighted by atomic mass is 16.2. The molecular formula is C20H29N3O. The Kier molecular flexibility index (Phi) is 4.83. The number of aromatic nitrogens is 1. The number of amides is 1. The Hall–Kier alpha value is -1.42. The van der Waals surface area contributed by atoms with E-state index >= 15 is 0 Å². The molecule has 2 unspecified atom stereocenters. The quantitative estimate of drug-likeness (QED) is 0.853. The number of fused-ring (bicyclic) bond motifs is 1. The van der Waals surface area contributed by atoms with Gasteiger partial charge in [-0.1, -0.05) is 12.5 Å². The van der Waals surface area contributed by atoms with Crippen LogP contribution in [-0.4, -0.2) is 46.9 Å². The molecule has 3 heterocycles. The van der Waals surface area contributed by atoms with Gasteiger partial charge in [0.15, 0.2) is 0 Å². The molecule has 0 N–H and O–H groups in total. The Bertz CT molecular complexity index is 541. The summed E-state index contributed by atoms with van der Waals surface area (Å²) in [6, 6.07) is 4.15. The first kappa shape index (κ1) is 16.1.